The second-order valence-electron chi connectivity index (χ2n) is 6.67. The van der Waals surface area contributed by atoms with Crippen molar-refractivity contribution in [3.63, 3.8) is 0 Å². The van der Waals surface area contributed by atoms with E-state index in [4.69, 9.17) is 17.0 Å². The highest BCUT2D eigenvalue weighted by molar-refractivity contribution is 8.30. The maximum atomic E-state index is 13.4. The highest BCUT2D eigenvalue weighted by atomic mass is 32.2. The number of anilines is 1. The van der Waals surface area contributed by atoms with Gasteiger partial charge >= 0.3 is 0 Å². The minimum absolute atomic E-state index is 0.0859. The molecule has 0 bridgehead atoms. The fraction of sp³-hybridized carbons (Fsp3) is 0.286. The molecular weight excluding hydrogens is 471 g/mol. The first-order valence-corrected chi connectivity index (χ1v) is 12.6. The normalized spacial score (nSPS) is 19.3. The standard InChI is InChI=1S/C21H21N3O3S4/c1-5-10-24-18(26)16(31-21(24)28)20-23(7-3)17(25)15(30-20)19-22(6-2)13-11-12(27-4)8-9-14(13)29-19/h5,8-9,11H,1,6-7,10H2,2-4H3/b19-15?,20-16+. The zero-order chi connectivity index (χ0) is 22.3. The fourth-order valence-corrected chi connectivity index (χ4v) is 7.46. The van der Waals surface area contributed by atoms with Crippen LogP contribution >= 0.6 is 47.1 Å². The van der Waals surface area contributed by atoms with Crippen molar-refractivity contribution >= 4 is 72.9 Å². The van der Waals surface area contributed by atoms with Gasteiger partial charge in [0.25, 0.3) is 11.5 Å². The Labute approximate surface area is 197 Å². The second kappa shape index (κ2) is 8.85. The minimum Gasteiger partial charge on any atom is -0.497 e. The first-order valence-electron chi connectivity index (χ1n) is 9.71. The molecule has 0 radical (unpaired) electrons. The summed E-state index contributed by atoms with van der Waals surface area (Å²) in [4.78, 5) is 31.6. The van der Waals surface area contributed by atoms with E-state index in [1.807, 2.05) is 25.1 Å². The molecule has 4 rings (SSSR count). The number of thioether (sulfide) groups is 2. The average molecular weight is 492 g/mol. The predicted octanol–water partition coefficient (Wildman–Crippen LogP) is 2.79. The van der Waals surface area contributed by atoms with Crippen LogP contribution in [0.5, 0.6) is 5.75 Å². The number of carbonyl (C=O) groups is 1. The van der Waals surface area contributed by atoms with Crippen molar-refractivity contribution in [2.45, 2.75) is 25.3 Å². The summed E-state index contributed by atoms with van der Waals surface area (Å²) in [7, 11) is 1.64. The zero-order valence-electron chi connectivity index (χ0n) is 17.3. The summed E-state index contributed by atoms with van der Waals surface area (Å²) in [6.07, 6.45) is 1.65. The Morgan fingerprint density at radius 3 is 2.58 bits per heavy atom. The smallest absolute Gasteiger partial charge is 0.271 e. The lowest BCUT2D eigenvalue weighted by molar-refractivity contribution is -0.120. The summed E-state index contributed by atoms with van der Waals surface area (Å²) in [5.41, 5.74) is 0.939. The van der Waals surface area contributed by atoms with Crippen LogP contribution in [-0.4, -0.2) is 39.9 Å². The molecule has 0 aliphatic carbocycles. The van der Waals surface area contributed by atoms with Crippen molar-refractivity contribution in [2.75, 3.05) is 25.1 Å². The van der Waals surface area contributed by atoms with Gasteiger partial charge in [0, 0.05) is 30.6 Å². The molecule has 162 valence electrons. The molecule has 1 amide bonds. The molecule has 31 heavy (non-hydrogen) atoms. The van der Waals surface area contributed by atoms with Crippen LogP contribution < -0.4 is 24.4 Å². The number of methoxy groups -OCH3 is 1. The minimum atomic E-state index is -0.172. The van der Waals surface area contributed by atoms with Gasteiger partial charge in [0.1, 0.15) is 29.2 Å². The molecule has 10 heteroatoms. The van der Waals surface area contributed by atoms with Crippen LogP contribution in [0.25, 0.3) is 9.93 Å². The zero-order valence-corrected chi connectivity index (χ0v) is 20.6. The molecule has 6 nitrogen and oxygen atoms in total. The van der Waals surface area contributed by atoms with Crippen molar-refractivity contribution < 1.29 is 9.53 Å². The molecule has 1 saturated heterocycles. The Balaban J connectivity index is 1.95. The number of thiazole rings is 1. The van der Waals surface area contributed by atoms with Gasteiger partial charge in [0.2, 0.25) is 0 Å². The molecule has 0 saturated carbocycles. The number of amides is 1. The lowest BCUT2D eigenvalue weighted by Crippen LogP contribution is -2.35. The third-order valence-electron chi connectivity index (χ3n) is 4.97. The number of ether oxygens (including phenoxy) is 1. The van der Waals surface area contributed by atoms with Gasteiger partial charge in [0.15, 0.2) is 0 Å². The summed E-state index contributed by atoms with van der Waals surface area (Å²) in [5.74, 6) is 0.602. The SMILES string of the molecule is C=CCN1C(=O)/C(=c2\sc(=C3Sc4ccc(OC)cc4N3CC)c(=O)n2CC)SC1=S. The van der Waals surface area contributed by atoms with Gasteiger partial charge in [0.05, 0.1) is 12.8 Å². The van der Waals surface area contributed by atoms with Crippen LogP contribution in [0.2, 0.25) is 0 Å². The number of hydrogen-bond donors (Lipinski definition) is 0. The third kappa shape index (κ3) is 3.65. The highest BCUT2D eigenvalue weighted by Gasteiger charge is 2.34. The Morgan fingerprint density at radius 2 is 1.94 bits per heavy atom. The molecule has 1 aromatic heterocycles. The first-order chi connectivity index (χ1) is 14.9. The number of benzene rings is 1. The molecule has 1 aromatic carbocycles. The molecule has 0 unspecified atom stereocenters. The number of carbonyl (C=O) groups excluding carboxylic acids is 1. The molecule has 2 aliphatic heterocycles. The van der Waals surface area contributed by atoms with Gasteiger partial charge < -0.3 is 9.64 Å². The first kappa shape index (κ1) is 22.2. The number of nitrogens with zero attached hydrogens (tertiary/aromatic N) is 3. The van der Waals surface area contributed by atoms with Crippen LogP contribution in [0.1, 0.15) is 13.8 Å². The summed E-state index contributed by atoms with van der Waals surface area (Å²) in [5, 5.41) is 0.885. The van der Waals surface area contributed by atoms with Gasteiger partial charge in [-0.15, -0.1) is 17.9 Å². The van der Waals surface area contributed by atoms with Crippen molar-refractivity contribution in [1.29, 1.82) is 0 Å². The number of thiocarbonyl (C=S) groups is 1. The molecular formula is C21H21N3O3S4. The van der Waals surface area contributed by atoms with Crippen LogP contribution in [0, 0.1) is 0 Å². The number of hydrogen-bond acceptors (Lipinski definition) is 8. The molecule has 0 N–H and O–H groups in total. The monoisotopic (exact) mass is 491 g/mol. The Hall–Kier alpha value is -2.01. The van der Waals surface area contributed by atoms with E-state index >= 15 is 0 Å². The molecule has 3 heterocycles. The topological polar surface area (TPSA) is 54.8 Å². The maximum Gasteiger partial charge on any atom is 0.271 e. The highest BCUT2D eigenvalue weighted by Crippen LogP contribution is 2.47. The van der Waals surface area contributed by atoms with E-state index in [9.17, 15) is 9.59 Å². The van der Waals surface area contributed by atoms with Gasteiger partial charge in [-0.3, -0.25) is 19.1 Å². The van der Waals surface area contributed by atoms with E-state index < -0.39 is 0 Å². The molecule has 0 atom stereocenters. The van der Waals surface area contributed by atoms with Crippen LogP contribution in [0.4, 0.5) is 5.69 Å². The molecule has 0 spiro atoms. The Kier molecular flexibility index (Phi) is 6.34. The average Bonchev–Trinajstić information content (AvgIpc) is 3.39. The van der Waals surface area contributed by atoms with Crippen LogP contribution in [-0.2, 0) is 11.3 Å². The largest absolute Gasteiger partial charge is 0.497 e. The van der Waals surface area contributed by atoms with E-state index in [1.54, 1.807) is 29.5 Å². The van der Waals surface area contributed by atoms with Gasteiger partial charge in [-0.25, -0.2) is 0 Å². The van der Waals surface area contributed by atoms with Crippen molar-refractivity contribution in [3.8, 4) is 5.75 Å². The van der Waals surface area contributed by atoms with E-state index in [0.29, 0.717) is 38.1 Å². The van der Waals surface area contributed by atoms with Crippen molar-refractivity contribution in [2.24, 2.45) is 0 Å². The Bertz CT molecular complexity index is 1280. The molecule has 1 fully saturated rings. The summed E-state index contributed by atoms with van der Waals surface area (Å²) >= 11 is 9.56. The summed E-state index contributed by atoms with van der Waals surface area (Å²) in [6.45, 7) is 9.21. The lowest BCUT2D eigenvalue weighted by atomic mass is 10.2. The molecule has 2 aliphatic rings. The fourth-order valence-electron chi connectivity index (χ4n) is 3.49. The summed E-state index contributed by atoms with van der Waals surface area (Å²) in [6, 6.07) is 5.92. The van der Waals surface area contributed by atoms with E-state index in [-0.39, 0.29) is 11.5 Å². The van der Waals surface area contributed by atoms with E-state index in [1.165, 1.54) is 28.0 Å². The number of fused-ring (bicyclic) bond motifs is 1. The third-order valence-corrected chi connectivity index (χ3v) is 9.04. The van der Waals surface area contributed by atoms with E-state index in [2.05, 4.69) is 18.4 Å². The van der Waals surface area contributed by atoms with Gasteiger partial charge in [-0.2, -0.15) is 0 Å². The van der Waals surface area contributed by atoms with Crippen molar-refractivity contribution in [1.82, 2.24) is 9.47 Å². The Morgan fingerprint density at radius 1 is 1.16 bits per heavy atom. The maximum absolute atomic E-state index is 13.4. The second-order valence-corrected chi connectivity index (χ2v) is 10.3. The van der Waals surface area contributed by atoms with Gasteiger partial charge in [-0.1, -0.05) is 41.8 Å². The quantitative estimate of drug-likeness (QED) is 0.471. The van der Waals surface area contributed by atoms with Crippen LogP contribution in [0.3, 0.4) is 0 Å². The number of aromatic nitrogens is 1. The predicted molar refractivity (Wildman–Crippen MR) is 134 cm³/mol. The van der Waals surface area contributed by atoms with E-state index in [0.717, 1.165) is 21.4 Å². The number of rotatable bonds is 5. The summed E-state index contributed by atoms with van der Waals surface area (Å²) < 4.78 is 8.83. The lowest BCUT2D eigenvalue weighted by Gasteiger charge is -2.17. The molecule has 2 aromatic rings. The van der Waals surface area contributed by atoms with Crippen molar-refractivity contribution in [3.05, 3.63) is 50.4 Å². The van der Waals surface area contributed by atoms with Gasteiger partial charge in [-0.05, 0) is 26.0 Å². The van der Waals surface area contributed by atoms with Crippen LogP contribution in [0.15, 0.2) is 40.5 Å².